The number of esters is 1. The van der Waals surface area contributed by atoms with E-state index in [1.54, 1.807) is 0 Å². The van der Waals surface area contributed by atoms with E-state index in [0.717, 1.165) is 51.4 Å². The molecule has 0 aromatic heterocycles. The van der Waals surface area contributed by atoms with Crippen molar-refractivity contribution >= 4 is 25.7 Å². The third-order valence-electron chi connectivity index (χ3n) is 7.24. The monoisotopic (exact) mass is 675 g/mol. The smallest absolute Gasteiger partial charge is 0.472 e. The first-order valence-corrected chi connectivity index (χ1v) is 18.9. The first-order chi connectivity index (χ1) is 22.1. The van der Waals surface area contributed by atoms with Gasteiger partial charge in [0.15, 0.2) is 6.04 Å². The van der Waals surface area contributed by atoms with Crippen LogP contribution in [0.4, 0.5) is 0 Å². The summed E-state index contributed by atoms with van der Waals surface area (Å²) in [5.74, 6) is -2.41. The highest BCUT2D eigenvalue weighted by Gasteiger charge is 2.28. The normalized spacial score (nSPS) is 14.3. The highest BCUT2D eigenvalue weighted by Crippen LogP contribution is 2.43. The highest BCUT2D eigenvalue weighted by molar-refractivity contribution is 7.47. The number of amides is 1. The molecular weight excluding hydrogens is 613 g/mol. The van der Waals surface area contributed by atoms with Crippen molar-refractivity contribution in [3.8, 4) is 0 Å². The van der Waals surface area contributed by atoms with E-state index < -0.39 is 57.6 Å². The van der Waals surface area contributed by atoms with Crippen LogP contribution in [0.15, 0.2) is 24.3 Å². The molecule has 46 heavy (non-hydrogen) atoms. The minimum absolute atomic E-state index is 0.137. The number of nitrogens with one attached hydrogen (secondary N) is 1. The number of aliphatic hydroxyl groups is 1. The van der Waals surface area contributed by atoms with E-state index in [9.17, 15) is 34.1 Å². The Hall–Kier alpha value is -2.04. The van der Waals surface area contributed by atoms with E-state index >= 15 is 0 Å². The van der Waals surface area contributed by atoms with E-state index in [1.807, 2.05) is 6.92 Å². The van der Waals surface area contributed by atoms with Gasteiger partial charge >= 0.3 is 19.8 Å². The molecule has 0 aliphatic rings. The number of aliphatic hydroxyl groups excluding tert-OH is 1. The number of carboxylic acid groups (broad SMARTS) is 1. The molecular formula is C34H62NO10P. The fourth-order valence-electron chi connectivity index (χ4n) is 4.46. The first kappa shape index (κ1) is 44.0. The standard InChI is InChI=1S/C34H62NO10P/c1-3-5-7-9-10-11-12-13-14-15-16-17-18-19-20-21-22-24-26-33(38)43-27-30(36)28-44-46(41,42)45-29-31(34(39)40)35-32(37)25-23-8-6-4-2/h11-12,14-15,30-31,36H,3-10,13,16-29H2,1-2H3,(H,35,37)(H,39,40)(H,41,42)/b12-11-,15-14-. The first-order valence-electron chi connectivity index (χ1n) is 17.4. The molecule has 0 bridgehead atoms. The van der Waals surface area contributed by atoms with Crippen LogP contribution in [0.1, 0.15) is 142 Å². The Labute approximate surface area is 277 Å². The molecule has 0 fully saturated rings. The third kappa shape index (κ3) is 29.4. The summed E-state index contributed by atoms with van der Waals surface area (Å²) in [5.41, 5.74) is 0. The molecule has 0 saturated heterocycles. The van der Waals surface area contributed by atoms with Crippen LogP contribution < -0.4 is 5.32 Å². The van der Waals surface area contributed by atoms with Crippen molar-refractivity contribution in [2.45, 2.75) is 154 Å². The summed E-state index contributed by atoms with van der Waals surface area (Å²) in [6, 6.07) is -1.54. The number of phosphoric acid groups is 1. The molecule has 0 aromatic carbocycles. The Morgan fingerprint density at radius 3 is 1.78 bits per heavy atom. The van der Waals surface area contributed by atoms with Gasteiger partial charge in [-0.15, -0.1) is 0 Å². The maximum atomic E-state index is 12.1. The van der Waals surface area contributed by atoms with E-state index in [4.69, 9.17) is 4.74 Å². The summed E-state index contributed by atoms with van der Waals surface area (Å²) >= 11 is 0. The lowest BCUT2D eigenvalue weighted by atomic mass is 10.1. The summed E-state index contributed by atoms with van der Waals surface area (Å²) in [5, 5.41) is 21.5. The second-order valence-electron chi connectivity index (χ2n) is 11.7. The van der Waals surface area contributed by atoms with Gasteiger partial charge < -0.3 is 25.2 Å². The van der Waals surface area contributed by atoms with E-state index in [-0.39, 0.29) is 12.8 Å². The zero-order chi connectivity index (χ0) is 34.3. The topological polar surface area (TPSA) is 169 Å². The summed E-state index contributed by atoms with van der Waals surface area (Å²) in [6.07, 6.45) is 27.3. The quantitative estimate of drug-likeness (QED) is 0.0242. The zero-order valence-electron chi connectivity index (χ0n) is 28.4. The maximum Gasteiger partial charge on any atom is 0.472 e. The number of allylic oxidation sites excluding steroid dienone is 4. The molecule has 0 radical (unpaired) electrons. The second-order valence-corrected chi connectivity index (χ2v) is 13.2. The highest BCUT2D eigenvalue weighted by atomic mass is 31.2. The summed E-state index contributed by atoms with van der Waals surface area (Å²) < 4.78 is 26.5. The molecule has 0 saturated carbocycles. The number of carbonyl (C=O) groups excluding carboxylic acids is 2. The molecule has 3 atom stereocenters. The molecule has 1 amide bonds. The molecule has 0 spiro atoms. The number of hydrogen-bond donors (Lipinski definition) is 4. The number of unbranched alkanes of at least 4 members (excludes halogenated alkanes) is 14. The molecule has 4 N–H and O–H groups in total. The van der Waals surface area contributed by atoms with Crippen LogP contribution in [-0.2, 0) is 32.7 Å². The van der Waals surface area contributed by atoms with Crippen molar-refractivity contribution in [2.24, 2.45) is 0 Å². The van der Waals surface area contributed by atoms with Crippen molar-refractivity contribution < 1.29 is 47.8 Å². The van der Waals surface area contributed by atoms with Gasteiger partial charge in [-0.3, -0.25) is 18.6 Å². The molecule has 268 valence electrons. The van der Waals surface area contributed by atoms with Gasteiger partial charge in [-0.2, -0.15) is 0 Å². The number of ether oxygens (including phenoxy) is 1. The second kappa shape index (κ2) is 30.3. The summed E-state index contributed by atoms with van der Waals surface area (Å²) in [7, 11) is -4.73. The van der Waals surface area contributed by atoms with Crippen molar-refractivity contribution in [3.05, 3.63) is 24.3 Å². The number of carboxylic acids is 1. The van der Waals surface area contributed by atoms with Crippen molar-refractivity contribution in [1.82, 2.24) is 5.32 Å². The number of phosphoric ester groups is 1. The molecule has 3 unspecified atom stereocenters. The van der Waals surface area contributed by atoms with E-state index in [2.05, 4.69) is 45.6 Å². The molecule has 0 aliphatic heterocycles. The Balaban J connectivity index is 3.87. The minimum Gasteiger partial charge on any atom is -0.480 e. The van der Waals surface area contributed by atoms with Crippen molar-refractivity contribution in [1.29, 1.82) is 0 Å². The zero-order valence-corrected chi connectivity index (χ0v) is 29.3. The van der Waals surface area contributed by atoms with Crippen LogP contribution in [0, 0.1) is 0 Å². The van der Waals surface area contributed by atoms with Gasteiger partial charge in [0, 0.05) is 12.8 Å². The fourth-order valence-corrected chi connectivity index (χ4v) is 5.23. The fraction of sp³-hybridized carbons (Fsp3) is 0.794. The third-order valence-corrected chi connectivity index (χ3v) is 8.19. The Morgan fingerprint density at radius 1 is 0.696 bits per heavy atom. The van der Waals surface area contributed by atoms with E-state index in [1.165, 1.54) is 51.4 Å². The lowest BCUT2D eigenvalue weighted by Gasteiger charge is -2.18. The number of aliphatic carboxylic acids is 1. The van der Waals surface area contributed by atoms with Crippen LogP contribution in [0.5, 0.6) is 0 Å². The largest absolute Gasteiger partial charge is 0.480 e. The number of carbonyl (C=O) groups is 3. The van der Waals surface area contributed by atoms with Gasteiger partial charge in [0.1, 0.15) is 12.7 Å². The lowest BCUT2D eigenvalue weighted by Crippen LogP contribution is -2.43. The van der Waals surface area contributed by atoms with Gasteiger partial charge in [0.25, 0.3) is 0 Å². The lowest BCUT2D eigenvalue weighted by molar-refractivity contribution is -0.147. The van der Waals surface area contributed by atoms with Crippen LogP contribution in [0.25, 0.3) is 0 Å². The van der Waals surface area contributed by atoms with Crippen LogP contribution in [0.3, 0.4) is 0 Å². The van der Waals surface area contributed by atoms with Crippen LogP contribution in [-0.4, -0.2) is 64.9 Å². The average molecular weight is 676 g/mol. The van der Waals surface area contributed by atoms with Gasteiger partial charge in [-0.25, -0.2) is 9.36 Å². The van der Waals surface area contributed by atoms with Crippen molar-refractivity contribution in [2.75, 3.05) is 19.8 Å². The van der Waals surface area contributed by atoms with Crippen LogP contribution >= 0.6 is 7.82 Å². The van der Waals surface area contributed by atoms with Gasteiger partial charge in [-0.05, 0) is 44.9 Å². The van der Waals surface area contributed by atoms with Gasteiger partial charge in [-0.1, -0.05) is 109 Å². The summed E-state index contributed by atoms with van der Waals surface area (Å²) in [6.45, 7) is 2.36. The molecule has 0 heterocycles. The Kier molecular flexibility index (Phi) is 29.0. The number of rotatable bonds is 32. The average Bonchev–Trinajstić information content (AvgIpc) is 3.02. The Bertz CT molecular complexity index is 895. The Morgan fingerprint density at radius 2 is 1.20 bits per heavy atom. The SMILES string of the molecule is CCCCCC/C=C\C/C=C\CCCCCCCCCC(=O)OCC(O)COP(=O)(O)OCC(NC(=O)CCCCCC)C(=O)O. The number of hydrogen-bond acceptors (Lipinski definition) is 8. The predicted octanol–water partition coefficient (Wildman–Crippen LogP) is 7.55. The van der Waals surface area contributed by atoms with Gasteiger partial charge in [0.2, 0.25) is 5.91 Å². The van der Waals surface area contributed by atoms with Crippen molar-refractivity contribution in [3.63, 3.8) is 0 Å². The molecule has 0 rings (SSSR count). The van der Waals surface area contributed by atoms with Crippen LogP contribution in [0.2, 0.25) is 0 Å². The molecule has 0 aromatic rings. The molecule has 12 heteroatoms. The molecule has 0 aliphatic carbocycles. The summed E-state index contributed by atoms with van der Waals surface area (Å²) in [4.78, 5) is 45.1. The minimum atomic E-state index is -4.73. The van der Waals surface area contributed by atoms with E-state index in [0.29, 0.717) is 12.8 Å². The maximum absolute atomic E-state index is 12.1. The predicted molar refractivity (Wildman–Crippen MR) is 180 cm³/mol. The molecule has 11 nitrogen and oxygen atoms in total. The van der Waals surface area contributed by atoms with Gasteiger partial charge in [0.05, 0.1) is 13.2 Å².